The van der Waals surface area contributed by atoms with E-state index in [9.17, 15) is 14.3 Å². The first-order valence-electron chi connectivity index (χ1n) is 6.90. The number of aromatic amines is 1. The summed E-state index contributed by atoms with van der Waals surface area (Å²) < 4.78 is 13.4. The second kappa shape index (κ2) is 6.36. The second-order valence-corrected chi connectivity index (χ2v) is 5.42. The molecule has 1 atom stereocenters. The fourth-order valence-electron chi connectivity index (χ4n) is 2.25. The number of hydrogen-bond donors (Lipinski definition) is 3. The zero-order chi connectivity index (χ0) is 16.4. The highest BCUT2D eigenvalue weighted by Gasteiger charge is 2.16. The monoisotopic (exact) mass is 333 g/mol. The number of benzene rings is 2. The Hall–Kier alpha value is -2.44. The van der Waals surface area contributed by atoms with Gasteiger partial charge in [-0.1, -0.05) is 35.9 Å². The first kappa shape index (κ1) is 15.5. The predicted octanol–water partition coefficient (Wildman–Crippen LogP) is 2.82. The van der Waals surface area contributed by atoms with E-state index in [0.717, 1.165) is 11.6 Å². The molecule has 0 aliphatic heterocycles. The van der Waals surface area contributed by atoms with Crippen LogP contribution in [0.4, 0.5) is 4.39 Å². The third-order valence-electron chi connectivity index (χ3n) is 3.47. The Labute approximate surface area is 136 Å². The molecular formula is C16H13ClFN3O2. The number of nitrogens with one attached hydrogen (secondary N) is 2. The quantitative estimate of drug-likeness (QED) is 0.687. The lowest BCUT2D eigenvalue weighted by Crippen LogP contribution is -2.28. The van der Waals surface area contributed by atoms with Gasteiger partial charge in [0.2, 0.25) is 0 Å². The fraction of sp³-hybridized carbons (Fsp3) is 0.125. The molecular weight excluding hydrogens is 321 g/mol. The molecule has 3 rings (SSSR count). The lowest BCUT2D eigenvalue weighted by Gasteiger charge is -2.12. The van der Waals surface area contributed by atoms with Gasteiger partial charge >= 0.3 is 0 Å². The molecule has 3 N–H and O–H groups in total. The molecule has 3 aromatic rings. The SMILES string of the molecule is O=C(NCC(O)c1ccc(Cl)c(F)c1)c1n[nH]c2ccccc12. The number of rotatable bonds is 4. The smallest absolute Gasteiger partial charge is 0.272 e. The first-order valence-corrected chi connectivity index (χ1v) is 7.28. The molecule has 0 saturated heterocycles. The van der Waals surface area contributed by atoms with Crippen LogP contribution in [-0.4, -0.2) is 27.8 Å². The minimum Gasteiger partial charge on any atom is -0.387 e. The van der Waals surface area contributed by atoms with Crippen LogP contribution < -0.4 is 5.32 Å². The summed E-state index contributed by atoms with van der Waals surface area (Å²) in [5.74, 6) is -1.04. The molecule has 0 radical (unpaired) electrons. The molecule has 5 nitrogen and oxygen atoms in total. The number of carbonyl (C=O) groups excluding carboxylic acids is 1. The summed E-state index contributed by atoms with van der Waals surface area (Å²) >= 11 is 5.60. The number of carbonyl (C=O) groups is 1. The average Bonchev–Trinajstić information content (AvgIpc) is 2.99. The van der Waals surface area contributed by atoms with E-state index in [4.69, 9.17) is 11.6 Å². The molecule has 0 aliphatic rings. The summed E-state index contributed by atoms with van der Waals surface area (Å²) in [6.07, 6.45) is -1.05. The highest BCUT2D eigenvalue weighted by molar-refractivity contribution is 6.30. The van der Waals surface area contributed by atoms with E-state index < -0.39 is 17.8 Å². The normalized spacial score (nSPS) is 12.3. The molecule has 0 saturated carbocycles. The van der Waals surface area contributed by atoms with Crippen molar-refractivity contribution >= 4 is 28.4 Å². The summed E-state index contributed by atoms with van der Waals surface area (Å²) in [5.41, 5.74) is 1.33. The molecule has 0 fully saturated rings. The van der Waals surface area contributed by atoms with Crippen molar-refractivity contribution in [2.45, 2.75) is 6.10 Å². The molecule has 0 spiro atoms. The fourth-order valence-corrected chi connectivity index (χ4v) is 2.36. The van der Waals surface area contributed by atoms with E-state index in [2.05, 4.69) is 15.5 Å². The molecule has 0 aliphatic carbocycles. The van der Waals surface area contributed by atoms with E-state index >= 15 is 0 Å². The summed E-state index contributed by atoms with van der Waals surface area (Å²) in [7, 11) is 0. The van der Waals surface area contributed by atoms with Gasteiger partial charge in [0.1, 0.15) is 5.82 Å². The van der Waals surface area contributed by atoms with Crippen molar-refractivity contribution in [2.24, 2.45) is 0 Å². The standard InChI is InChI=1S/C16H13ClFN3O2/c17-11-6-5-9(7-12(11)18)14(22)8-19-16(23)15-10-3-1-2-4-13(10)20-21-15/h1-7,14,22H,8H2,(H,19,23)(H,20,21). The number of amides is 1. The van der Waals surface area contributed by atoms with Crippen LogP contribution in [0.25, 0.3) is 10.9 Å². The summed E-state index contributed by atoms with van der Waals surface area (Å²) in [4.78, 5) is 12.2. The van der Waals surface area contributed by atoms with Gasteiger partial charge in [-0.05, 0) is 23.8 Å². The molecule has 1 amide bonds. The van der Waals surface area contributed by atoms with Crippen molar-refractivity contribution in [3.63, 3.8) is 0 Å². The van der Waals surface area contributed by atoms with Gasteiger partial charge in [0.25, 0.3) is 5.91 Å². The Balaban J connectivity index is 1.70. The maximum absolute atomic E-state index is 13.4. The Kier molecular flexibility index (Phi) is 4.27. The third kappa shape index (κ3) is 3.18. The molecule has 2 aromatic carbocycles. The predicted molar refractivity (Wildman–Crippen MR) is 84.8 cm³/mol. The number of nitrogens with zero attached hydrogens (tertiary/aromatic N) is 1. The molecule has 1 heterocycles. The van der Waals surface area contributed by atoms with Crippen molar-refractivity contribution in [1.82, 2.24) is 15.5 Å². The van der Waals surface area contributed by atoms with E-state index in [1.165, 1.54) is 12.1 Å². The maximum Gasteiger partial charge on any atom is 0.272 e. The van der Waals surface area contributed by atoms with Crippen LogP contribution in [0.1, 0.15) is 22.2 Å². The van der Waals surface area contributed by atoms with Gasteiger partial charge in [0, 0.05) is 11.9 Å². The summed E-state index contributed by atoms with van der Waals surface area (Å²) in [6.45, 7) is -0.0684. The van der Waals surface area contributed by atoms with E-state index in [0.29, 0.717) is 10.9 Å². The van der Waals surface area contributed by atoms with E-state index in [1.54, 1.807) is 12.1 Å². The molecule has 0 bridgehead atoms. The van der Waals surface area contributed by atoms with Crippen molar-refractivity contribution in [3.8, 4) is 0 Å². The number of aliphatic hydroxyl groups is 1. The molecule has 118 valence electrons. The molecule has 1 aromatic heterocycles. The largest absolute Gasteiger partial charge is 0.387 e. The molecule has 1 unspecified atom stereocenters. The van der Waals surface area contributed by atoms with Crippen LogP contribution in [0, 0.1) is 5.82 Å². The number of para-hydroxylation sites is 1. The van der Waals surface area contributed by atoms with Crippen molar-refractivity contribution < 1.29 is 14.3 Å². The minimum atomic E-state index is -1.05. The van der Waals surface area contributed by atoms with Crippen LogP contribution in [0.2, 0.25) is 5.02 Å². The number of H-pyrrole nitrogens is 1. The lowest BCUT2D eigenvalue weighted by molar-refractivity contribution is 0.0913. The topological polar surface area (TPSA) is 78.0 Å². The van der Waals surface area contributed by atoms with Crippen LogP contribution in [0.15, 0.2) is 42.5 Å². The van der Waals surface area contributed by atoms with Crippen LogP contribution in [-0.2, 0) is 0 Å². The van der Waals surface area contributed by atoms with Gasteiger partial charge in [0.05, 0.1) is 16.6 Å². The van der Waals surface area contributed by atoms with Gasteiger partial charge < -0.3 is 10.4 Å². The third-order valence-corrected chi connectivity index (χ3v) is 3.78. The number of fused-ring (bicyclic) bond motifs is 1. The van der Waals surface area contributed by atoms with Gasteiger partial charge in [-0.25, -0.2) is 4.39 Å². The minimum absolute atomic E-state index is 0.0204. The van der Waals surface area contributed by atoms with Crippen LogP contribution in [0.3, 0.4) is 0 Å². The Bertz CT molecular complexity index is 865. The van der Waals surface area contributed by atoms with E-state index in [-0.39, 0.29) is 17.3 Å². The van der Waals surface area contributed by atoms with Gasteiger partial charge in [-0.15, -0.1) is 0 Å². The number of aromatic nitrogens is 2. The Morgan fingerprint density at radius 1 is 1.35 bits per heavy atom. The number of aliphatic hydroxyl groups excluding tert-OH is 1. The first-order chi connectivity index (χ1) is 11.1. The highest BCUT2D eigenvalue weighted by atomic mass is 35.5. The van der Waals surface area contributed by atoms with Crippen molar-refractivity contribution in [3.05, 3.63) is 64.6 Å². The van der Waals surface area contributed by atoms with Crippen molar-refractivity contribution in [2.75, 3.05) is 6.54 Å². The number of hydrogen-bond acceptors (Lipinski definition) is 3. The van der Waals surface area contributed by atoms with Crippen molar-refractivity contribution in [1.29, 1.82) is 0 Å². The van der Waals surface area contributed by atoms with Gasteiger partial charge in [0.15, 0.2) is 5.69 Å². The second-order valence-electron chi connectivity index (χ2n) is 5.02. The summed E-state index contributed by atoms with van der Waals surface area (Å²) in [5, 5.41) is 20.0. The average molecular weight is 334 g/mol. The lowest BCUT2D eigenvalue weighted by atomic mass is 10.1. The highest BCUT2D eigenvalue weighted by Crippen LogP contribution is 2.20. The molecule has 23 heavy (non-hydrogen) atoms. The zero-order valence-electron chi connectivity index (χ0n) is 11.9. The Morgan fingerprint density at radius 3 is 2.91 bits per heavy atom. The Morgan fingerprint density at radius 2 is 2.13 bits per heavy atom. The summed E-state index contributed by atoms with van der Waals surface area (Å²) in [6, 6.07) is 11.2. The number of halogens is 2. The molecule has 7 heteroatoms. The van der Waals surface area contributed by atoms with Crippen LogP contribution >= 0.6 is 11.6 Å². The van der Waals surface area contributed by atoms with Gasteiger partial charge in [-0.2, -0.15) is 5.10 Å². The van der Waals surface area contributed by atoms with E-state index in [1.807, 2.05) is 12.1 Å². The van der Waals surface area contributed by atoms with Gasteiger partial charge in [-0.3, -0.25) is 9.89 Å². The zero-order valence-corrected chi connectivity index (χ0v) is 12.6. The van der Waals surface area contributed by atoms with Crippen LogP contribution in [0.5, 0.6) is 0 Å². The maximum atomic E-state index is 13.4.